The Bertz CT molecular complexity index is 875. The standard InChI is InChI=1S/C16H13N5O2S/c1-11(12-6-8-17-9-7-12)19-20-16-18-15(10-24-16)13-2-4-14(5-3-13)21(22)23/h2-10H,1H3,(H,18,20)/b19-11+. The number of hydrazone groups is 1. The van der Waals surface area contributed by atoms with Gasteiger partial charge in [-0.25, -0.2) is 4.98 Å². The second-order valence-corrected chi connectivity index (χ2v) is 5.74. The topological polar surface area (TPSA) is 93.3 Å². The molecule has 0 unspecified atom stereocenters. The largest absolute Gasteiger partial charge is 0.269 e. The van der Waals surface area contributed by atoms with Crippen LogP contribution < -0.4 is 5.43 Å². The fourth-order valence-electron chi connectivity index (χ4n) is 2.00. The first kappa shape index (κ1) is 15.8. The SMILES string of the molecule is C/C(=N\Nc1nc(-c2ccc([N+](=O)[O-])cc2)cs1)c1ccncc1. The Balaban J connectivity index is 1.72. The van der Waals surface area contributed by atoms with Crippen molar-refractivity contribution in [3.8, 4) is 11.3 Å². The minimum atomic E-state index is -0.422. The van der Waals surface area contributed by atoms with Crippen LogP contribution in [0.4, 0.5) is 10.8 Å². The summed E-state index contributed by atoms with van der Waals surface area (Å²) in [5, 5.41) is 17.5. The number of hydrogen-bond acceptors (Lipinski definition) is 7. The second kappa shape index (κ2) is 6.97. The highest BCUT2D eigenvalue weighted by Crippen LogP contribution is 2.26. The monoisotopic (exact) mass is 339 g/mol. The molecule has 0 aliphatic rings. The van der Waals surface area contributed by atoms with E-state index in [0.717, 1.165) is 22.5 Å². The number of anilines is 1. The molecule has 0 atom stereocenters. The first-order chi connectivity index (χ1) is 11.6. The summed E-state index contributed by atoms with van der Waals surface area (Å²) in [5.41, 5.74) is 6.35. The van der Waals surface area contributed by atoms with Gasteiger partial charge in [0.25, 0.3) is 5.69 Å². The molecule has 0 saturated carbocycles. The molecular weight excluding hydrogens is 326 g/mol. The minimum Gasteiger partial charge on any atom is -0.265 e. The van der Waals surface area contributed by atoms with E-state index in [-0.39, 0.29) is 5.69 Å². The number of nitro groups is 1. The third kappa shape index (κ3) is 3.61. The van der Waals surface area contributed by atoms with Crippen LogP contribution in [0.25, 0.3) is 11.3 Å². The van der Waals surface area contributed by atoms with Gasteiger partial charge in [0.2, 0.25) is 5.13 Å². The maximum absolute atomic E-state index is 10.7. The van der Waals surface area contributed by atoms with Crippen LogP contribution in [0.3, 0.4) is 0 Å². The lowest BCUT2D eigenvalue weighted by Gasteiger charge is -2.00. The lowest BCUT2D eigenvalue weighted by atomic mass is 10.1. The van der Waals surface area contributed by atoms with Crippen LogP contribution in [0.15, 0.2) is 59.3 Å². The van der Waals surface area contributed by atoms with Crippen molar-refractivity contribution >= 4 is 27.9 Å². The summed E-state index contributed by atoms with van der Waals surface area (Å²) in [5.74, 6) is 0. The minimum absolute atomic E-state index is 0.0601. The van der Waals surface area contributed by atoms with E-state index < -0.39 is 4.92 Å². The van der Waals surface area contributed by atoms with Crippen molar-refractivity contribution in [3.05, 3.63) is 69.8 Å². The van der Waals surface area contributed by atoms with Crippen LogP contribution in [0.1, 0.15) is 12.5 Å². The van der Waals surface area contributed by atoms with E-state index in [1.807, 2.05) is 24.4 Å². The number of rotatable bonds is 5. The molecule has 120 valence electrons. The van der Waals surface area contributed by atoms with Crippen LogP contribution in [0, 0.1) is 10.1 Å². The van der Waals surface area contributed by atoms with E-state index in [0.29, 0.717) is 5.13 Å². The molecule has 0 radical (unpaired) electrons. The molecule has 24 heavy (non-hydrogen) atoms. The summed E-state index contributed by atoms with van der Waals surface area (Å²) in [4.78, 5) is 18.7. The molecule has 2 heterocycles. The van der Waals surface area contributed by atoms with Crippen molar-refractivity contribution in [2.45, 2.75) is 6.92 Å². The lowest BCUT2D eigenvalue weighted by Crippen LogP contribution is -1.99. The van der Waals surface area contributed by atoms with Gasteiger partial charge in [0.15, 0.2) is 0 Å². The number of nitro benzene ring substituents is 1. The van der Waals surface area contributed by atoms with Gasteiger partial charge < -0.3 is 0 Å². The van der Waals surface area contributed by atoms with Crippen molar-refractivity contribution < 1.29 is 4.92 Å². The van der Waals surface area contributed by atoms with Crippen molar-refractivity contribution in [1.29, 1.82) is 0 Å². The number of non-ortho nitro benzene ring substituents is 1. The predicted molar refractivity (Wildman–Crippen MR) is 94.3 cm³/mol. The molecule has 3 aromatic rings. The number of pyridine rings is 1. The number of benzene rings is 1. The molecule has 0 saturated heterocycles. The molecule has 0 amide bonds. The van der Waals surface area contributed by atoms with Gasteiger partial charge in [0.1, 0.15) is 0 Å². The predicted octanol–water partition coefficient (Wildman–Crippen LogP) is 3.95. The van der Waals surface area contributed by atoms with Crippen LogP contribution in [-0.4, -0.2) is 20.6 Å². The van der Waals surface area contributed by atoms with E-state index in [2.05, 4.69) is 20.5 Å². The Morgan fingerprint density at radius 2 is 1.92 bits per heavy atom. The van der Waals surface area contributed by atoms with E-state index in [4.69, 9.17) is 0 Å². The lowest BCUT2D eigenvalue weighted by molar-refractivity contribution is -0.384. The molecule has 8 heteroatoms. The average molecular weight is 339 g/mol. The highest BCUT2D eigenvalue weighted by atomic mass is 32.1. The Hall–Kier alpha value is -3.13. The summed E-state index contributed by atoms with van der Waals surface area (Å²) < 4.78 is 0. The zero-order chi connectivity index (χ0) is 16.9. The smallest absolute Gasteiger partial charge is 0.265 e. The van der Waals surface area contributed by atoms with E-state index in [1.54, 1.807) is 24.5 Å². The molecule has 1 aromatic carbocycles. The van der Waals surface area contributed by atoms with Gasteiger partial charge >= 0.3 is 0 Å². The molecule has 1 N–H and O–H groups in total. The van der Waals surface area contributed by atoms with Gasteiger partial charge in [-0.15, -0.1) is 11.3 Å². The zero-order valence-electron chi connectivity index (χ0n) is 12.7. The average Bonchev–Trinajstić information content (AvgIpc) is 3.09. The summed E-state index contributed by atoms with van der Waals surface area (Å²) in [6.07, 6.45) is 3.43. The fraction of sp³-hybridized carbons (Fsp3) is 0.0625. The molecule has 0 aliphatic carbocycles. The Morgan fingerprint density at radius 1 is 1.21 bits per heavy atom. The zero-order valence-corrected chi connectivity index (χ0v) is 13.5. The summed E-state index contributed by atoms with van der Waals surface area (Å²) in [7, 11) is 0. The molecule has 3 rings (SSSR count). The van der Waals surface area contributed by atoms with Crippen LogP contribution >= 0.6 is 11.3 Å². The molecule has 2 aromatic heterocycles. The van der Waals surface area contributed by atoms with Gasteiger partial charge in [0, 0.05) is 41.0 Å². The van der Waals surface area contributed by atoms with Crippen molar-refractivity contribution in [1.82, 2.24) is 9.97 Å². The maximum Gasteiger partial charge on any atom is 0.269 e. The van der Waals surface area contributed by atoms with E-state index >= 15 is 0 Å². The molecule has 0 spiro atoms. The highest BCUT2D eigenvalue weighted by molar-refractivity contribution is 7.14. The van der Waals surface area contributed by atoms with Crippen LogP contribution in [0.5, 0.6) is 0 Å². The molecule has 7 nitrogen and oxygen atoms in total. The number of nitrogens with zero attached hydrogens (tertiary/aromatic N) is 4. The normalized spacial score (nSPS) is 11.3. The van der Waals surface area contributed by atoms with Crippen molar-refractivity contribution in [3.63, 3.8) is 0 Å². The van der Waals surface area contributed by atoms with Gasteiger partial charge in [-0.05, 0) is 31.2 Å². The highest BCUT2D eigenvalue weighted by Gasteiger charge is 2.08. The maximum atomic E-state index is 10.7. The number of nitrogens with one attached hydrogen (secondary N) is 1. The quantitative estimate of drug-likeness (QED) is 0.431. The van der Waals surface area contributed by atoms with Gasteiger partial charge in [-0.1, -0.05) is 0 Å². The molecule has 0 bridgehead atoms. The first-order valence-corrected chi connectivity index (χ1v) is 7.92. The first-order valence-electron chi connectivity index (χ1n) is 7.04. The van der Waals surface area contributed by atoms with Crippen LogP contribution in [0.2, 0.25) is 0 Å². The van der Waals surface area contributed by atoms with Gasteiger partial charge in [0.05, 0.1) is 16.3 Å². The number of hydrogen-bond donors (Lipinski definition) is 1. The van der Waals surface area contributed by atoms with Crippen LogP contribution in [-0.2, 0) is 0 Å². The van der Waals surface area contributed by atoms with E-state index in [1.165, 1.54) is 23.5 Å². The van der Waals surface area contributed by atoms with Crippen molar-refractivity contribution in [2.24, 2.45) is 5.10 Å². The molecule has 0 aliphatic heterocycles. The Kier molecular flexibility index (Phi) is 4.57. The van der Waals surface area contributed by atoms with Gasteiger partial charge in [-0.2, -0.15) is 5.10 Å². The summed E-state index contributed by atoms with van der Waals surface area (Å²) >= 11 is 1.42. The third-order valence-electron chi connectivity index (χ3n) is 3.30. The second-order valence-electron chi connectivity index (χ2n) is 4.89. The third-order valence-corrected chi connectivity index (χ3v) is 4.04. The summed E-state index contributed by atoms with van der Waals surface area (Å²) in [6.45, 7) is 1.90. The molecule has 0 fully saturated rings. The van der Waals surface area contributed by atoms with Crippen molar-refractivity contribution in [2.75, 3.05) is 5.43 Å². The number of thiazole rings is 1. The van der Waals surface area contributed by atoms with E-state index in [9.17, 15) is 10.1 Å². The summed E-state index contributed by atoms with van der Waals surface area (Å²) in [6, 6.07) is 10.1. The Morgan fingerprint density at radius 3 is 2.58 bits per heavy atom. The van der Waals surface area contributed by atoms with Gasteiger partial charge in [-0.3, -0.25) is 20.5 Å². The Labute approximate surface area is 141 Å². The molecular formula is C16H13N5O2S. The number of aromatic nitrogens is 2. The fourth-order valence-corrected chi connectivity index (χ4v) is 2.66.